The number of hydrogen-bond acceptors (Lipinski definition) is 3. The molecular weight excluding hydrogens is 246 g/mol. The molecule has 0 radical (unpaired) electrons. The number of carbonyl (C=O) groups is 2. The fraction of sp³-hybridized carbons (Fsp3) is 0.429. The van der Waals surface area contributed by atoms with E-state index in [1.807, 2.05) is 0 Å². The summed E-state index contributed by atoms with van der Waals surface area (Å²) in [5.41, 5.74) is 0.364. The largest absolute Gasteiger partial charge is 0.478 e. The fourth-order valence-electron chi connectivity index (χ4n) is 2.03. The summed E-state index contributed by atoms with van der Waals surface area (Å²) in [6.07, 6.45) is 2.43. The van der Waals surface area contributed by atoms with E-state index in [1.54, 1.807) is 19.2 Å². The zero-order chi connectivity index (χ0) is 13.9. The van der Waals surface area contributed by atoms with E-state index in [4.69, 9.17) is 9.84 Å². The smallest absolute Gasteiger partial charge is 0.335 e. The minimum absolute atomic E-state index is 0.0490. The van der Waals surface area contributed by atoms with Crippen molar-refractivity contribution in [3.8, 4) is 0 Å². The molecule has 0 aromatic heterocycles. The number of nitrogens with one attached hydrogen (secondary N) is 1. The molecule has 102 valence electrons. The molecule has 19 heavy (non-hydrogen) atoms. The predicted molar refractivity (Wildman–Crippen MR) is 70.2 cm³/mol. The summed E-state index contributed by atoms with van der Waals surface area (Å²) >= 11 is 0. The third-order valence-electron chi connectivity index (χ3n) is 3.49. The lowest BCUT2D eigenvalue weighted by Gasteiger charge is -2.14. The van der Waals surface area contributed by atoms with Gasteiger partial charge in [-0.15, -0.1) is 0 Å². The van der Waals surface area contributed by atoms with E-state index in [0.29, 0.717) is 18.7 Å². The Labute approximate surface area is 111 Å². The number of benzene rings is 1. The van der Waals surface area contributed by atoms with Gasteiger partial charge in [-0.2, -0.15) is 0 Å². The SMILES string of the molecule is COCCC1(C(=O)Nc2cccc(C(=O)O)c2)CC1. The van der Waals surface area contributed by atoms with E-state index >= 15 is 0 Å². The van der Waals surface area contributed by atoms with Crippen molar-refractivity contribution < 1.29 is 19.4 Å². The van der Waals surface area contributed by atoms with Crippen molar-refractivity contribution in [2.75, 3.05) is 19.0 Å². The van der Waals surface area contributed by atoms with Gasteiger partial charge in [-0.1, -0.05) is 6.07 Å². The topological polar surface area (TPSA) is 75.6 Å². The first-order chi connectivity index (χ1) is 9.07. The average molecular weight is 263 g/mol. The molecule has 2 rings (SSSR count). The molecule has 1 aromatic carbocycles. The van der Waals surface area contributed by atoms with Crippen LogP contribution in [0.3, 0.4) is 0 Å². The highest BCUT2D eigenvalue weighted by Crippen LogP contribution is 2.49. The van der Waals surface area contributed by atoms with Crippen LogP contribution in [-0.2, 0) is 9.53 Å². The molecule has 1 amide bonds. The van der Waals surface area contributed by atoms with Crippen LogP contribution in [-0.4, -0.2) is 30.7 Å². The highest BCUT2D eigenvalue weighted by atomic mass is 16.5. The van der Waals surface area contributed by atoms with Gasteiger partial charge in [0.15, 0.2) is 0 Å². The summed E-state index contributed by atoms with van der Waals surface area (Å²) in [6.45, 7) is 0.558. The van der Waals surface area contributed by atoms with Crippen molar-refractivity contribution in [1.29, 1.82) is 0 Å². The number of amides is 1. The number of methoxy groups -OCH3 is 1. The first-order valence-corrected chi connectivity index (χ1v) is 6.21. The van der Waals surface area contributed by atoms with Crippen LogP contribution < -0.4 is 5.32 Å². The molecule has 1 aromatic rings. The monoisotopic (exact) mass is 263 g/mol. The second kappa shape index (κ2) is 5.40. The quantitative estimate of drug-likeness (QED) is 0.824. The van der Waals surface area contributed by atoms with Gasteiger partial charge in [0, 0.05) is 19.4 Å². The summed E-state index contributed by atoms with van der Waals surface area (Å²) < 4.78 is 5.01. The Hall–Kier alpha value is -1.88. The minimum Gasteiger partial charge on any atom is -0.478 e. The number of rotatable bonds is 6. The average Bonchev–Trinajstić information content (AvgIpc) is 3.18. The Morgan fingerprint density at radius 3 is 2.74 bits per heavy atom. The van der Waals surface area contributed by atoms with Crippen molar-refractivity contribution >= 4 is 17.6 Å². The number of carboxylic acids is 1. The van der Waals surface area contributed by atoms with E-state index in [1.165, 1.54) is 12.1 Å². The van der Waals surface area contributed by atoms with Gasteiger partial charge in [0.2, 0.25) is 5.91 Å². The molecule has 0 spiro atoms. The van der Waals surface area contributed by atoms with E-state index in [0.717, 1.165) is 12.8 Å². The molecule has 0 unspecified atom stereocenters. The van der Waals surface area contributed by atoms with Crippen LogP contribution in [0.4, 0.5) is 5.69 Å². The summed E-state index contributed by atoms with van der Waals surface area (Å²) in [5.74, 6) is -1.05. The standard InChI is InChI=1S/C14H17NO4/c1-19-8-7-14(5-6-14)13(18)15-11-4-2-3-10(9-11)12(16)17/h2-4,9H,5-8H2,1H3,(H,15,18)(H,16,17). The zero-order valence-corrected chi connectivity index (χ0v) is 10.8. The maximum absolute atomic E-state index is 12.2. The second-order valence-electron chi connectivity index (χ2n) is 4.86. The van der Waals surface area contributed by atoms with E-state index in [-0.39, 0.29) is 16.9 Å². The van der Waals surface area contributed by atoms with Gasteiger partial charge in [0.1, 0.15) is 0 Å². The molecule has 1 aliphatic rings. The molecule has 1 aliphatic carbocycles. The van der Waals surface area contributed by atoms with Gasteiger partial charge < -0.3 is 15.2 Å². The first kappa shape index (κ1) is 13.5. The fourth-order valence-corrected chi connectivity index (χ4v) is 2.03. The molecule has 2 N–H and O–H groups in total. The summed E-state index contributed by atoms with van der Waals surface area (Å²) in [5, 5.41) is 11.7. The lowest BCUT2D eigenvalue weighted by Crippen LogP contribution is -2.25. The molecule has 0 heterocycles. The lowest BCUT2D eigenvalue weighted by molar-refractivity contribution is -0.121. The minimum atomic E-state index is -1.00. The number of hydrogen-bond donors (Lipinski definition) is 2. The number of aromatic carboxylic acids is 1. The third-order valence-corrected chi connectivity index (χ3v) is 3.49. The Morgan fingerprint density at radius 1 is 1.42 bits per heavy atom. The van der Waals surface area contributed by atoms with Crippen LogP contribution in [0, 0.1) is 5.41 Å². The lowest BCUT2D eigenvalue weighted by atomic mass is 10.0. The molecular formula is C14H17NO4. The van der Waals surface area contributed by atoms with E-state index in [2.05, 4.69) is 5.32 Å². The summed E-state index contributed by atoms with van der Waals surface area (Å²) in [4.78, 5) is 23.0. The zero-order valence-electron chi connectivity index (χ0n) is 10.8. The molecule has 1 fully saturated rings. The van der Waals surface area contributed by atoms with Gasteiger partial charge >= 0.3 is 5.97 Å². The maximum Gasteiger partial charge on any atom is 0.335 e. The highest BCUT2D eigenvalue weighted by molar-refractivity contribution is 5.98. The molecule has 5 nitrogen and oxygen atoms in total. The van der Waals surface area contributed by atoms with Gasteiger partial charge in [-0.05, 0) is 37.5 Å². The maximum atomic E-state index is 12.2. The molecule has 0 saturated heterocycles. The normalized spacial score (nSPS) is 15.8. The summed E-state index contributed by atoms with van der Waals surface area (Å²) in [7, 11) is 1.62. The highest BCUT2D eigenvalue weighted by Gasteiger charge is 2.49. The Balaban J connectivity index is 2.03. The van der Waals surface area contributed by atoms with Crippen LogP contribution in [0.1, 0.15) is 29.6 Å². The number of carboxylic acid groups (broad SMARTS) is 1. The Bertz CT molecular complexity index is 494. The predicted octanol–water partition coefficient (Wildman–Crippen LogP) is 2.14. The molecule has 0 aliphatic heterocycles. The van der Waals surface area contributed by atoms with Crippen LogP contribution >= 0.6 is 0 Å². The van der Waals surface area contributed by atoms with Crippen molar-refractivity contribution in [3.05, 3.63) is 29.8 Å². The molecule has 1 saturated carbocycles. The van der Waals surface area contributed by atoms with E-state index < -0.39 is 5.97 Å². The Morgan fingerprint density at radius 2 is 2.16 bits per heavy atom. The summed E-state index contributed by atoms with van der Waals surface area (Å²) in [6, 6.07) is 6.27. The van der Waals surface area contributed by atoms with Crippen LogP contribution in [0.25, 0.3) is 0 Å². The van der Waals surface area contributed by atoms with Gasteiger partial charge in [-0.3, -0.25) is 4.79 Å². The van der Waals surface area contributed by atoms with Crippen molar-refractivity contribution in [3.63, 3.8) is 0 Å². The van der Waals surface area contributed by atoms with Crippen molar-refractivity contribution in [1.82, 2.24) is 0 Å². The molecule has 0 atom stereocenters. The van der Waals surface area contributed by atoms with Crippen LogP contribution in [0.2, 0.25) is 0 Å². The molecule has 0 bridgehead atoms. The van der Waals surface area contributed by atoms with Gasteiger partial charge in [0.25, 0.3) is 0 Å². The number of anilines is 1. The van der Waals surface area contributed by atoms with E-state index in [9.17, 15) is 9.59 Å². The number of ether oxygens (including phenoxy) is 1. The van der Waals surface area contributed by atoms with Crippen molar-refractivity contribution in [2.45, 2.75) is 19.3 Å². The van der Waals surface area contributed by atoms with Gasteiger partial charge in [-0.25, -0.2) is 4.79 Å². The Kier molecular flexibility index (Phi) is 3.85. The third kappa shape index (κ3) is 3.12. The molecule has 5 heteroatoms. The first-order valence-electron chi connectivity index (χ1n) is 6.21. The second-order valence-corrected chi connectivity index (χ2v) is 4.86. The van der Waals surface area contributed by atoms with Crippen molar-refractivity contribution in [2.24, 2.45) is 5.41 Å². The van der Waals surface area contributed by atoms with Crippen LogP contribution in [0.15, 0.2) is 24.3 Å². The van der Waals surface area contributed by atoms with Gasteiger partial charge in [0.05, 0.1) is 11.0 Å². The van der Waals surface area contributed by atoms with Crippen LogP contribution in [0.5, 0.6) is 0 Å². The number of carbonyl (C=O) groups excluding carboxylic acids is 1.